The van der Waals surface area contributed by atoms with Gasteiger partial charge in [-0.2, -0.15) is 0 Å². The second kappa shape index (κ2) is 8.04. The van der Waals surface area contributed by atoms with E-state index >= 15 is 0 Å². The van der Waals surface area contributed by atoms with Crippen LogP contribution in [-0.2, 0) is 16.1 Å². The molecule has 1 N–H and O–H groups in total. The molecule has 1 unspecified atom stereocenters. The molecule has 0 amide bonds. The quantitative estimate of drug-likeness (QED) is 0.706. The van der Waals surface area contributed by atoms with Crippen molar-refractivity contribution in [1.29, 1.82) is 0 Å². The molecule has 114 valence electrons. The normalized spacial score (nSPS) is 14.0. The summed E-state index contributed by atoms with van der Waals surface area (Å²) in [6.07, 6.45) is 6.42. The Morgan fingerprint density at radius 3 is 2.80 bits per heavy atom. The maximum absolute atomic E-state index is 12.1. The highest BCUT2D eigenvalue weighted by molar-refractivity contribution is 5.80. The van der Waals surface area contributed by atoms with Crippen molar-refractivity contribution in [3.63, 3.8) is 0 Å². The Bertz CT molecular complexity index is 417. The molecule has 0 radical (unpaired) electrons. The first-order chi connectivity index (χ1) is 9.53. The number of hydrogen-bond acceptors (Lipinski definition) is 4. The van der Waals surface area contributed by atoms with Crippen LogP contribution in [0.15, 0.2) is 12.4 Å². The maximum Gasteiger partial charge on any atom is 0.326 e. The van der Waals surface area contributed by atoms with Crippen LogP contribution in [0.2, 0.25) is 0 Å². The fraction of sp³-hybridized carbons (Fsp3) is 0.733. The number of aromatic nitrogens is 2. The second-order valence-electron chi connectivity index (χ2n) is 5.25. The fourth-order valence-electron chi connectivity index (χ4n) is 2.20. The van der Waals surface area contributed by atoms with E-state index in [0.29, 0.717) is 6.61 Å². The first kappa shape index (κ1) is 16.7. The number of esters is 1. The Morgan fingerprint density at radius 1 is 1.50 bits per heavy atom. The predicted octanol–water partition coefficient (Wildman–Crippen LogP) is 2.29. The van der Waals surface area contributed by atoms with E-state index in [0.717, 1.165) is 38.2 Å². The lowest BCUT2D eigenvalue weighted by molar-refractivity contribution is -0.150. The lowest BCUT2D eigenvalue weighted by Crippen LogP contribution is -2.50. The van der Waals surface area contributed by atoms with Gasteiger partial charge in [0.05, 0.1) is 6.61 Å². The third-order valence-corrected chi connectivity index (χ3v) is 3.49. The zero-order valence-electron chi connectivity index (χ0n) is 13.1. The largest absolute Gasteiger partial charge is 0.465 e. The van der Waals surface area contributed by atoms with Gasteiger partial charge in [-0.25, -0.2) is 4.98 Å². The van der Waals surface area contributed by atoms with Crippen LogP contribution in [0, 0.1) is 6.92 Å². The van der Waals surface area contributed by atoms with Gasteiger partial charge in [0.15, 0.2) is 0 Å². The molecule has 1 aromatic rings. The molecule has 0 aromatic carbocycles. The summed E-state index contributed by atoms with van der Waals surface area (Å²) in [7, 11) is 0. The Hall–Kier alpha value is -1.36. The molecule has 0 aliphatic heterocycles. The van der Waals surface area contributed by atoms with Crippen molar-refractivity contribution in [2.45, 2.75) is 59.0 Å². The number of carbonyl (C=O) groups excluding carboxylic acids is 1. The number of nitrogens with one attached hydrogen (secondary N) is 1. The van der Waals surface area contributed by atoms with Crippen molar-refractivity contribution in [2.75, 3.05) is 13.2 Å². The van der Waals surface area contributed by atoms with Gasteiger partial charge in [-0.15, -0.1) is 0 Å². The Balaban J connectivity index is 2.55. The van der Waals surface area contributed by atoms with Gasteiger partial charge < -0.3 is 14.6 Å². The summed E-state index contributed by atoms with van der Waals surface area (Å²) in [5, 5.41) is 3.33. The summed E-state index contributed by atoms with van der Waals surface area (Å²) in [5.41, 5.74) is -0.597. The van der Waals surface area contributed by atoms with E-state index in [-0.39, 0.29) is 5.97 Å². The minimum absolute atomic E-state index is 0.157. The van der Waals surface area contributed by atoms with Crippen LogP contribution in [0.4, 0.5) is 0 Å². The molecule has 1 heterocycles. The number of nitrogens with zero attached hydrogens (tertiary/aromatic N) is 2. The van der Waals surface area contributed by atoms with Crippen molar-refractivity contribution in [3.05, 3.63) is 18.2 Å². The van der Waals surface area contributed by atoms with Crippen molar-refractivity contribution in [1.82, 2.24) is 14.9 Å². The van der Waals surface area contributed by atoms with Gasteiger partial charge in [-0.3, -0.25) is 4.79 Å². The molecule has 0 saturated carbocycles. The molecule has 20 heavy (non-hydrogen) atoms. The topological polar surface area (TPSA) is 56.2 Å². The Morgan fingerprint density at radius 2 is 2.25 bits per heavy atom. The smallest absolute Gasteiger partial charge is 0.326 e. The number of imidazole rings is 1. The van der Waals surface area contributed by atoms with Crippen molar-refractivity contribution in [2.24, 2.45) is 0 Å². The molecular formula is C15H27N3O2. The van der Waals surface area contributed by atoms with Crippen LogP contribution in [0.5, 0.6) is 0 Å². The predicted molar refractivity (Wildman–Crippen MR) is 79.5 cm³/mol. The second-order valence-corrected chi connectivity index (χ2v) is 5.25. The first-order valence-electron chi connectivity index (χ1n) is 7.43. The third kappa shape index (κ3) is 4.63. The molecule has 5 heteroatoms. The molecule has 1 rings (SSSR count). The third-order valence-electron chi connectivity index (χ3n) is 3.49. The molecule has 0 aliphatic carbocycles. The number of carbonyl (C=O) groups is 1. The van der Waals surface area contributed by atoms with Gasteiger partial charge in [0.1, 0.15) is 11.4 Å². The summed E-state index contributed by atoms with van der Waals surface area (Å²) < 4.78 is 7.30. The molecule has 0 bridgehead atoms. The van der Waals surface area contributed by atoms with Crippen molar-refractivity contribution < 1.29 is 9.53 Å². The minimum Gasteiger partial charge on any atom is -0.465 e. The average Bonchev–Trinajstić information content (AvgIpc) is 2.82. The maximum atomic E-state index is 12.1. The van der Waals surface area contributed by atoms with Gasteiger partial charge >= 0.3 is 5.97 Å². The number of rotatable bonds is 9. The summed E-state index contributed by atoms with van der Waals surface area (Å²) in [6.45, 7) is 9.96. The van der Waals surface area contributed by atoms with Crippen molar-refractivity contribution >= 4 is 5.97 Å². The lowest BCUT2D eigenvalue weighted by atomic mass is 9.95. The monoisotopic (exact) mass is 281 g/mol. The molecular weight excluding hydrogens is 254 g/mol. The molecule has 5 nitrogen and oxygen atoms in total. The molecule has 0 aliphatic rings. The van der Waals surface area contributed by atoms with Gasteiger partial charge in [-0.1, -0.05) is 6.92 Å². The van der Waals surface area contributed by atoms with Gasteiger partial charge in [-0.05, 0) is 46.6 Å². The highest BCUT2D eigenvalue weighted by Gasteiger charge is 2.33. The molecule has 1 atom stereocenters. The van der Waals surface area contributed by atoms with E-state index < -0.39 is 5.54 Å². The van der Waals surface area contributed by atoms with Crippen LogP contribution in [0.3, 0.4) is 0 Å². The van der Waals surface area contributed by atoms with Crippen LogP contribution in [-0.4, -0.2) is 34.2 Å². The van der Waals surface area contributed by atoms with Crippen LogP contribution in [0.25, 0.3) is 0 Å². The van der Waals surface area contributed by atoms with E-state index in [4.69, 9.17) is 4.74 Å². The molecule has 0 fully saturated rings. The van der Waals surface area contributed by atoms with E-state index in [1.807, 2.05) is 27.0 Å². The Kier molecular flexibility index (Phi) is 6.71. The minimum atomic E-state index is -0.597. The first-order valence-corrected chi connectivity index (χ1v) is 7.43. The number of hydrogen-bond donors (Lipinski definition) is 1. The van der Waals surface area contributed by atoms with Gasteiger partial charge in [0.2, 0.25) is 0 Å². The van der Waals surface area contributed by atoms with Crippen LogP contribution >= 0.6 is 0 Å². The lowest BCUT2D eigenvalue weighted by Gasteiger charge is -2.28. The summed E-state index contributed by atoms with van der Waals surface area (Å²) in [6, 6.07) is 0. The van der Waals surface area contributed by atoms with E-state index in [1.54, 1.807) is 6.20 Å². The Labute approximate surface area is 121 Å². The molecule has 0 saturated heterocycles. The highest BCUT2D eigenvalue weighted by atomic mass is 16.5. The van der Waals surface area contributed by atoms with E-state index in [2.05, 4.69) is 21.8 Å². The number of ether oxygens (including phenoxy) is 1. The zero-order chi connectivity index (χ0) is 15.0. The van der Waals surface area contributed by atoms with Crippen LogP contribution < -0.4 is 5.32 Å². The standard InChI is InChI=1S/C15H27N3O2/c1-5-9-17-15(4,14(19)20-6-2)8-7-11-18-12-10-16-13(18)3/h10,12,17H,5-9,11H2,1-4H3. The van der Waals surface area contributed by atoms with E-state index in [9.17, 15) is 4.79 Å². The summed E-state index contributed by atoms with van der Waals surface area (Å²) >= 11 is 0. The van der Waals surface area contributed by atoms with Crippen LogP contribution in [0.1, 0.15) is 45.9 Å². The number of aryl methyl sites for hydroxylation is 2. The zero-order valence-corrected chi connectivity index (χ0v) is 13.1. The summed E-state index contributed by atoms with van der Waals surface area (Å²) in [4.78, 5) is 16.3. The molecule has 1 aromatic heterocycles. The molecule has 0 spiro atoms. The van der Waals surface area contributed by atoms with E-state index in [1.165, 1.54) is 0 Å². The van der Waals surface area contributed by atoms with Gasteiger partial charge in [0, 0.05) is 18.9 Å². The fourth-order valence-corrected chi connectivity index (χ4v) is 2.20. The SMILES string of the molecule is CCCNC(C)(CCCn1ccnc1C)C(=O)OCC. The average molecular weight is 281 g/mol. The van der Waals surface area contributed by atoms with Gasteiger partial charge in [0.25, 0.3) is 0 Å². The van der Waals surface area contributed by atoms with Crippen molar-refractivity contribution in [3.8, 4) is 0 Å². The highest BCUT2D eigenvalue weighted by Crippen LogP contribution is 2.16. The summed E-state index contributed by atoms with van der Waals surface area (Å²) in [5.74, 6) is 0.847.